The summed E-state index contributed by atoms with van der Waals surface area (Å²) in [7, 11) is -4.24. The zero-order valence-electron chi connectivity index (χ0n) is 24.4. The SMILES string of the molecule is O=C(N[C@H]1C[C@@H]2C[C@@H]2C[C@H]2CC[C@@H](C(=O)N3CC(Cc4ccc(F)cc4F)C3)N2C1=O)c1cc2cc(CP(=O)(O)O)ccc2s1. The van der Waals surface area contributed by atoms with Crippen molar-refractivity contribution in [1.29, 1.82) is 0 Å². The van der Waals surface area contributed by atoms with E-state index in [4.69, 9.17) is 0 Å². The van der Waals surface area contributed by atoms with Gasteiger partial charge in [0.1, 0.15) is 23.7 Å². The molecule has 5 atom stereocenters. The molecule has 1 saturated carbocycles. The number of hydrogen-bond donors (Lipinski definition) is 3. The first-order valence-electron chi connectivity index (χ1n) is 15.3. The minimum Gasteiger partial charge on any atom is -0.340 e. The number of rotatable bonds is 7. The second-order valence-corrected chi connectivity index (χ2v) is 15.8. The lowest BCUT2D eigenvalue weighted by Gasteiger charge is -2.43. The van der Waals surface area contributed by atoms with Gasteiger partial charge in [-0.05, 0) is 97.1 Å². The van der Waals surface area contributed by atoms with Crippen LogP contribution in [0.25, 0.3) is 10.1 Å². The number of thiophene rings is 1. The maximum absolute atomic E-state index is 14.1. The third-order valence-corrected chi connectivity index (χ3v) is 11.7. The molecule has 4 heterocycles. The third kappa shape index (κ3) is 6.30. The maximum atomic E-state index is 14.1. The second-order valence-electron chi connectivity index (χ2n) is 13.1. The number of nitrogens with one attached hydrogen (secondary N) is 1. The minimum absolute atomic E-state index is 0.0525. The fraction of sp³-hybridized carbons (Fsp3) is 0.469. The van der Waals surface area contributed by atoms with E-state index in [1.807, 2.05) is 0 Å². The van der Waals surface area contributed by atoms with Crippen LogP contribution in [0.2, 0.25) is 0 Å². The average Bonchev–Trinajstić information content (AvgIpc) is 3.32. The van der Waals surface area contributed by atoms with Crippen molar-refractivity contribution in [2.24, 2.45) is 17.8 Å². The molecule has 0 radical (unpaired) electrons. The predicted octanol–water partition coefficient (Wildman–Crippen LogP) is 4.45. The van der Waals surface area contributed by atoms with E-state index in [0.717, 1.165) is 30.0 Å². The summed E-state index contributed by atoms with van der Waals surface area (Å²) in [6, 6.07) is 8.85. The van der Waals surface area contributed by atoms with Crippen LogP contribution >= 0.6 is 18.9 Å². The molecule has 3 amide bonds. The van der Waals surface area contributed by atoms with E-state index in [-0.39, 0.29) is 35.8 Å². The fourth-order valence-electron chi connectivity index (χ4n) is 7.49. The zero-order valence-corrected chi connectivity index (χ0v) is 26.1. The van der Waals surface area contributed by atoms with E-state index in [9.17, 15) is 37.5 Å². The molecule has 3 saturated heterocycles. The lowest BCUT2D eigenvalue weighted by molar-refractivity contribution is -0.151. The summed E-state index contributed by atoms with van der Waals surface area (Å²) in [5.41, 5.74) is 0.897. The highest BCUT2D eigenvalue weighted by atomic mass is 32.1. The lowest BCUT2D eigenvalue weighted by atomic mass is 9.91. The molecule has 45 heavy (non-hydrogen) atoms. The molecule has 3 aliphatic heterocycles. The average molecular weight is 658 g/mol. The molecule has 2 aromatic carbocycles. The molecule has 1 aromatic heterocycles. The summed E-state index contributed by atoms with van der Waals surface area (Å²) in [4.78, 5) is 63.7. The monoisotopic (exact) mass is 657 g/mol. The fourth-order valence-corrected chi connectivity index (χ4v) is 9.11. The van der Waals surface area contributed by atoms with Crippen LogP contribution in [0.3, 0.4) is 0 Å². The van der Waals surface area contributed by atoms with Gasteiger partial charge in [0.15, 0.2) is 0 Å². The van der Waals surface area contributed by atoms with Crippen molar-refractivity contribution in [2.45, 2.75) is 62.8 Å². The number of hydrogen-bond acceptors (Lipinski definition) is 5. The van der Waals surface area contributed by atoms with E-state index in [0.29, 0.717) is 65.6 Å². The third-order valence-electron chi connectivity index (χ3n) is 9.81. The normalized spacial score (nSPS) is 26.6. The van der Waals surface area contributed by atoms with Crippen LogP contribution in [0.15, 0.2) is 42.5 Å². The van der Waals surface area contributed by atoms with Crippen LogP contribution in [0.1, 0.15) is 52.9 Å². The van der Waals surface area contributed by atoms with Crippen molar-refractivity contribution in [2.75, 3.05) is 13.1 Å². The molecule has 9 nitrogen and oxygen atoms in total. The molecular formula is C32H34F2N3O6PS. The first-order valence-corrected chi connectivity index (χ1v) is 18.0. The van der Waals surface area contributed by atoms with Gasteiger partial charge in [0.25, 0.3) is 5.91 Å². The molecule has 238 valence electrons. The van der Waals surface area contributed by atoms with Crippen molar-refractivity contribution in [3.8, 4) is 0 Å². The number of benzene rings is 2. The Morgan fingerprint density at radius 1 is 1.00 bits per heavy atom. The first kappa shape index (κ1) is 30.5. The summed E-state index contributed by atoms with van der Waals surface area (Å²) >= 11 is 1.25. The number of halogens is 2. The molecule has 3 N–H and O–H groups in total. The van der Waals surface area contributed by atoms with Crippen LogP contribution in [0.4, 0.5) is 8.78 Å². The van der Waals surface area contributed by atoms with Crippen molar-refractivity contribution < 1.29 is 37.5 Å². The Kier molecular flexibility index (Phi) is 7.83. The van der Waals surface area contributed by atoms with Crippen LogP contribution < -0.4 is 5.32 Å². The molecule has 0 unspecified atom stereocenters. The van der Waals surface area contributed by atoms with Gasteiger partial charge < -0.3 is 24.9 Å². The standard InChI is InChI=1S/C32H34F2N3O6PS/c33-23-3-2-19(25(34)13-23)8-18-14-36(15-18)32(40)27-5-4-24-10-20-9-21(20)11-26(31(39)37(24)27)35-30(38)29-12-22-7-17(16-44(41,42)43)1-6-28(22)45-29/h1-3,6-7,12-13,18,20-21,24,26-27H,4-5,8-11,14-16H2,(H,35,38)(H2,41,42,43)/t20-,21+,24-,26+,27+/m1/s1. The van der Waals surface area contributed by atoms with Gasteiger partial charge in [-0.1, -0.05) is 12.1 Å². The van der Waals surface area contributed by atoms with Crippen molar-refractivity contribution in [1.82, 2.24) is 15.1 Å². The number of fused-ring (bicyclic) bond motifs is 3. The van der Waals surface area contributed by atoms with Gasteiger partial charge >= 0.3 is 7.60 Å². The van der Waals surface area contributed by atoms with Gasteiger partial charge in [-0.3, -0.25) is 18.9 Å². The maximum Gasteiger partial charge on any atom is 0.329 e. The molecule has 13 heteroatoms. The molecule has 3 aromatic rings. The Balaban J connectivity index is 1.03. The van der Waals surface area contributed by atoms with Crippen LogP contribution in [-0.4, -0.2) is 68.5 Å². The molecule has 1 aliphatic carbocycles. The number of nitrogens with zero attached hydrogens (tertiary/aromatic N) is 2. The molecular weight excluding hydrogens is 623 g/mol. The van der Waals surface area contributed by atoms with Crippen molar-refractivity contribution >= 4 is 46.7 Å². The molecule has 0 bridgehead atoms. The molecule has 4 fully saturated rings. The Hall–Kier alpha value is -3.18. The highest BCUT2D eigenvalue weighted by Crippen LogP contribution is 2.49. The van der Waals surface area contributed by atoms with E-state index < -0.39 is 31.3 Å². The largest absolute Gasteiger partial charge is 0.340 e. The van der Waals surface area contributed by atoms with Gasteiger partial charge in [-0.25, -0.2) is 8.78 Å². The van der Waals surface area contributed by atoms with Gasteiger partial charge in [0.05, 0.1) is 11.0 Å². The predicted molar refractivity (Wildman–Crippen MR) is 163 cm³/mol. The molecule has 0 spiro atoms. The number of carbonyl (C=O) groups is 3. The smallest absolute Gasteiger partial charge is 0.329 e. The zero-order chi connectivity index (χ0) is 31.6. The van der Waals surface area contributed by atoms with Gasteiger partial charge in [-0.2, -0.15) is 0 Å². The van der Waals surface area contributed by atoms with E-state index in [1.54, 1.807) is 34.1 Å². The van der Waals surface area contributed by atoms with Crippen LogP contribution in [0.5, 0.6) is 0 Å². The highest BCUT2D eigenvalue weighted by Gasteiger charge is 2.52. The Bertz CT molecular complexity index is 1740. The quantitative estimate of drug-likeness (QED) is 0.323. The number of likely N-dealkylation sites (tertiary alicyclic amines) is 1. The number of carbonyl (C=O) groups excluding carboxylic acids is 3. The summed E-state index contributed by atoms with van der Waals surface area (Å²) < 4.78 is 39.7. The first-order chi connectivity index (χ1) is 21.4. The van der Waals surface area contributed by atoms with Gasteiger partial charge in [0, 0.05) is 29.9 Å². The Morgan fingerprint density at radius 2 is 1.78 bits per heavy atom. The summed E-state index contributed by atoms with van der Waals surface area (Å²) in [5.74, 6) is -1.06. The summed E-state index contributed by atoms with van der Waals surface area (Å²) in [6.45, 7) is 0.900. The Morgan fingerprint density at radius 3 is 2.53 bits per heavy atom. The Labute approximate surface area is 262 Å². The highest BCUT2D eigenvalue weighted by molar-refractivity contribution is 7.50. The van der Waals surface area contributed by atoms with Gasteiger partial charge in [-0.15, -0.1) is 11.3 Å². The van der Waals surface area contributed by atoms with E-state index >= 15 is 0 Å². The van der Waals surface area contributed by atoms with Gasteiger partial charge in [0.2, 0.25) is 11.8 Å². The van der Waals surface area contributed by atoms with E-state index in [2.05, 4.69) is 5.32 Å². The van der Waals surface area contributed by atoms with Crippen molar-refractivity contribution in [3.05, 3.63) is 70.1 Å². The lowest BCUT2D eigenvalue weighted by Crippen LogP contribution is -2.60. The second kappa shape index (κ2) is 11.6. The molecule has 7 rings (SSSR count). The summed E-state index contributed by atoms with van der Waals surface area (Å²) in [5, 5.41) is 3.66. The topological polar surface area (TPSA) is 127 Å². The summed E-state index contributed by atoms with van der Waals surface area (Å²) in [6.07, 6.45) is 3.70. The number of amides is 3. The van der Waals surface area contributed by atoms with Crippen LogP contribution in [0, 0.1) is 29.4 Å². The minimum atomic E-state index is -4.24. The van der Waals surface area contributed by atoms with E-state index in [1.165, 1.54) is 23.5 Å². The van der Waals surface area contributed by atoms with Crippen LogP contribution in [-0.2, 0) is 26.7 Å². The molecule has 4 aliphatic rings. The van der Waals surface area contributed by atoms with Crippen molar-refractivity contribution in [3.63, 3.8) is 0 Å².